The summed E-state index contributed by atoms with van der Waals surface area (Å²) in [6, 6.07) is 9.75. The fraction of sp³-hybridized carbons (Fsp3) is 0.444. The van der Waals surface area contributed by atoms with Crippen molar-refractivity contribution in [2.24, 2.45) is 0 Å². The fourth-order valence-corrected chi connectivity index (χ4v) is 3.02. The molecule has 24 heavy (non-hydrogen) atoms. The van der Waals surface area contributed by atoms with E-state index in [4.69, 9.17) is 4.74 Å². The van der Waals surface area contributed by atoms with Crippen molar-refractivity contribution in [3.05, 3.63) is 53.3 Å². The molecule has 2 atom stereocenters. The minimum atomic E-state index is 0.0777. The molecule has 1 aromatic heterocycles. The van der Waals surface area contributed by atoms with Gasteiger partial charge in [-0.25, -0.2) is 0 Å². The Bertz CT molecular complexity index is 644. The second kappa shape index (κ2) is 7.59. The Hall–Kier alpha value is -2.18. The fourth-order valence-electron chi connectivity index (χ4n) is 3.02. The highest BCUT2D eigenvalue weighted by Gasteiger charge is 2.26. The monoisotopic (exact) mass is 328 g/mol. The zero-order chi connectivity index (χ0) is 16.9. The molecule has 2 aromatic rings. The van der Waals surface area contributed by atoms with E-state index in [-0.39, 0.29) is 18.1 Å². The number of rotatable bonds is 5. The molecule has 1 fully saturated rings. The number of hydrogen-bond acceptors (Lipinski definition) is 4. The van der Waals surface area contributed by atoms with Crippen LogP contribution in [0.4, 0.5) is 0 Å². The van der Waals surface area contributed by atoms with Crippen LogP contribution < -0.4 is 5.32 Å². The van der Waals surface area contributed by atoms with Crippen LogP contribution in [0.5, 0.6) is 0 Å². The van der Waals surface area contributed by atoms with Crippen LogP contribution in [-0.4, -0.2) is 46.3 Å². The van der Waals surface area contributed by atoms with E-state index in [9.17, 15) is 4.79 Å². The number of amides is 1. The summed E-state index contributed by atoms with van der Waals surface area (Å²) in [4.78, 5) is 14.5. The molecule has 1 amide bonds. The van der Waals surface area contributed by atoms with Crippen molar-refractivity contribution in [3.63, 3.8) is 0 Å². The van der Waals surface area contributed by atoms with Crippen LogP contribution in [-0.2, 0) is 17.8 Å². The van der Waals surface area contributed by atoms with Crippen molar-refractivity contribution < 1.29 is 9.53 Å². The first-order valence-corrected chi connectivity index (χ1v) is 8.34. The Kier molecular flexibility index (Phi) is 5.27. The molecule has 3 rings (SSSR count). The number of carbonyl (C=O) groups is 1. The molecule has 0 aliphatic carbocycles. The Morgan fingerprint density at radius 2 is 1.92 bits per heavy atom. The molecule has 6 nitrogen and oxygen atoms in total. The number of nitrogens with one attached hydrogen (secondary N) is 2. The van der Waals surface area contributed by atoms with Gasteiger partial charge in [0.2, 0.25) is 0 Å². The third-order valence-corrected chi connectivity index (χ3v) is 4.11. The number of hydrogen-bond donors (Lipinski definition) is 2. The van der Waals surface area contributed by atoms with Gasteiger partial charge in [0.05, 0.1) is 12.2 Å². The van der Waals surface area contributed by atoms with Gasteiger partial charge in [-0.3, -0.25) is 9.89 Å². The lowest BCUT2D eigenvalue weighted by Gasteiger charge is -2.35. The highest BCUT2D eigenvalue weighted by Crippen LogP contribution is 2.15. The van der Waals surface area contributed by atoms with Crippen LogP contribution in [0, 0.1) is 0 Å². The van der Waals surface area contributed by atoms with E-state index in [1.54, 1.807) is 6.20 Å². The van der Waals surface area contributed by atoms with E-state index >= 15 is 0 Å². The SMILES string of the molecule is CC1CN(C(=O)c2ccc(CNCc3ccn[nH]3)cc2)CC(C)O1. The predicted molar refractivity (Wildman–Crippen MR) is 91.5 cm³/mol. The Morgan fingerprint density at radius 1 is 1.21 bits per heavy atom. The molecule has 1 aliphatic rings. The van der Waals surface area contributed by atoms with Crippen molar-refractivity contribution in [3.8, 4) is 0 Å². The van der Waals surface area contributed by atoms with Gasteiger partial charge in [0.1, 0.15) is 0 Å². The quantitative estimate of drug-likeness (QED) is 0.880. The molecule has 2 heterocycles. The van der Waals surface area contributed by atoms with E-state index in [2.05, 4.69) is 15.5 Å². The summed E-state index contributed by atoms with van der Waals surface area (Å²) in [5, 5.41) is 10.2. The molecule has 1 aliphatic heterocycles. The first-order chi connectivity index (χ1) is 11.6. The summed E-state index contributed by atoms with van der Waals surface area (Å²) in [5.74, 6) is 0.0777. The maximum absolute atomic E-state index is 12.6. The summed E-state index contributed by atoms with van der Waals surface area (Å²) < 4.78 is 5.69. The Labute approximate surface area is 142 Å². The van der Waals surface area contributed by atoms with Gasteiger partial charge < -0.3 is 15.0 Å². The first-order valence-electron chi connectivity index (χ1n) is 8.34. The van der Waals surface area contributed by atoms with Gasteiger partial charge in [0.25, 0.3) is 5.91 Å². The van der Waals surface area contributed by atoms with Crippen LogP contribution in [0.3, 0.4) is 0 Å². The van der Waals surface area contributed by atoms with Crippen molar-refractivity contribution >= 4 is 5.91 Å². The maximum atomic E-state index is 12.6. The number of ether oxygens (including phenoxy) is 1. The number of H-pyrrole nitrogens is 1. The van der Waals surface area contributed by atoms with E-state index < -0.39 is 0 Å². The highest BCUT2D eigenvalue weighted by atomic mass is 16.5. The van der Waals surface area contributed by atoms with Gasteiger partial charge in [-0.05, 0) is 37.6 Å². The molecule has 0 radical (unpaired) electrons. The normalized spacial score (nSPS) is 21.0. The maximum Gasteiger partial charge on any atom is 0.254 e. The lowest BCUT2D eigenvalue weighted by atomic mass is 10.1. The molecular weight excluding hydrogens is 304 g/mol. The van der Waals surface area contributed by atoms with Gasteiger partial charge in [0, 0.05) is 43.6 Å². The second-order valence-corrected chi connectivity index (χ2v) is 6.35. The predicted octanol–water partition coefficient (Wildman–Crippen LogP) is 1.95. The zero-order valence-corrected chi connectivity index (χ0v) is 14.2. The number of carbonyl (C=O) groups excluding carboxylic acids is 1. The lowest BCUT2D eigenvalue weighted by molar-refractivity contribution is -0.0586. The number of nitrogens with zero attached hydrogens (tertiary/aromatic N) is 2. The molecule has 2 unspecified atom stereocenters. The Balaban J connectivity index is 1.54. The summed E-state index contributed by atoms with van der Waals surface area (Å²) in [7, 11) is 0. The number of benzene rings is 1. The topological polar surface area (TPSA) is 70.2 Å². The van der Waals surface area contributed by atoms with Crippen molar-refractivity contribution in [1.29, 1.82) is 0 Å². The van der Waals surface area contributed by atoms with Gasteiger partial charge in [-0.2, -0.15) is 5.10 Å². The third-order valence-electron chi connectivity index (χ3n) is 4.11. The van der Waals surface area contributed by atoms with Crippen LogP contribution in [0.1, 0.15) is 35.5 Å². The molecule has 1 aromatic carbocycles. The molecular formula is C18H24N4O2. The standard InChI is InChI=1S/C18H24N4O2/c1-13-11-22(12-14(2)24-13)18(23)16-5-3-15(4-6-16)9-19-10-17-7-8-20-21-17/h3-8,13-14,19H,9-12H2,1-2H3,(H,20,21). The number of aromatic nitrogens is 2. The Morgan fingerprint density at radius 3 is 2.54 bits per heavy atom. The largest absolute Gasteiger partial charge is 0.372 e. The highest BCUT2D eigenvalue weighted by molar-refractivity contribution is 5.94. The molecule has 0 bridgehead atoms. The van der Waals surface area contributed by atoms with Crippen LogP contribution >= 0.6 is 0 Å². The van der Waals surface area contributed by atoms with E-state index in [0.717, 1.165) is 29.9 Å². The minimum Gasteiger partial charge on any atom is -0.372 e. The van der Waals surface area contributed by atoms with Crippen LogP contribution in [0.25, 0.3) is 0 Å². The summed E-state index contributed by atoms with van der Waals surface area (Å²) in [6.07, 6.45) is 1.91. The van der Waals surface area contributed by atoms with Gasteiger partial charge >= 0.3 is 0 Å². The summed E-state index contributed by atoms with van der Waals surface area (Å²) >= 11 is 0. The number of aromatic amines is 1. The molecule has 128 valence electrons. The second-order valence-electron chi connectivity index (χ2n) is 6.35. The molecule has 2 N–H and O–H groups in total. The van der Waals surface area contributed by atoms with Crippen LogP contribution in [0.2, 0.25) is 0 Å². The van der Waals surface area contributed by atoms with Crippen molar-refractivity contribution in [1.82, 2.24) is 20.4 Å². The van der Waals surface area contributed by atoms with Gasteiger partial charge in [0.15, 0.2) is 0 Å². The lowest BCUT2D eigenvalue weighted by Crippen LogP contribution is -2.48. The average molecular weight is 328 g/mol. The van der Waals surface area contributed by atoms with Crippen molar-refractivity contribution in [2.45, 2.75) is 39.1 Å². The van der Waals surface area contributed by atoms with E-state index in [1.165, 1.54) is 0 Å². The molecule has 0 saturated carbocycles. The zero-order valence-electron chi connectivity index (χ0n) is 14.2. The summed E-state index contributed by atoms with van der Waals surface area (Å²) in [6.45, 7) is 6.80. The molecule has 1 saturated heterocycles. The van der Waals surface area contributed by atoms with E-state index in [0.29, 0.717) is 13.1 Å². The average Bonchev–Trinajstić information content (AvgIpc) is 3.07. The van der Waals surface area contributed by atoms with Gasteiger partial charge in [-0.1, -0.05) is 12.1 Å². The smallest absolute Gasteiger partial charge is 0.254 e. The number of morpholine rings is 1. The molecule has 6 heteroatoms. The first kappa shape index (κ1) is 16.7. The van der Waals surface area contributed by atoms with Crippen molar-refractivity contribution in [2.75, 3.05) is 13.1 Å². The van der Waals surface area contributed by atoms with E-state index in [1.807, 2.05) is 49.1 Å². The van der Waals surface area contributed by atoms with Gasteiger partial charge in [-0.15, -0.1) is 0 Å². The molecule has 0 spiro atoms. The third kappa shape index (κ3) is 4.21. The minimum absolute atomic E-state index is 0.0777. The summed E-state index contributed by atoms with van der Waals surface area (Å²) in [5.41, 5.74) is 2.93. The van der Waals surface area contributed by atoms with Crippen LogP contribution in [0.15, 0.2) is 36.5 Å².